The molecule has 8 heteroatoms. The largest absolute Gasteiger partial charge is 0.462 e. The minimum absolute atomic E-state index is 0.0533. The molecular formula is C22H24N4O4. The first kappa shape index (κ1) is 21.1. The van der Waals surface area contributed by atoms with Crippen molar-refractivity contribution < 1.29 is 19.4 Å². The number of hydrogen-bond acceptors (Lipinski definition) is 5. The Labute approximate surface area is 174 Å². The van der Waals surface area contributed by atoms with Crippen LogP contribution in [0.5, 0.6) is 0 Å². The second-order valence-electron chi connectivity index (χ2n) is 6.53. The van der Waals surface area contributed by atoms with E-state index >= 15 is 0 Å². The molecule has 3 aromatic rings. The molecule has 2 amide bonds. The highest BCUT2D eigenvalue weighted by Crippen LogP contribution is 2.21. The van der Waals surface area contributed by atoms with E-state index in [9.17, 15) is 14.7 Å². The standard InChI is InChI=1S/C22H24N4O4/c1-2-30-21(28)18-14-24-26(15-19(27)17-11-7-4-8-12-17)20(18)25-22(29)23-13-16-9-5-3-6-10-16/h3-12,14,19,27H,2,13,15H2,1H3,(H2,23,25,29). The summed E-state index contributed by atoms with van der Waals surface area (Å²) in [7, 11) is 0. The number of nitrogens with one attached hydrogen (secondary N) is 2. The Morgan fingerprint density at radius 2 is 1.77 bits per heavy atom. The highest BCUT2D eigenvalue weighted by Gasteiger charge is 2.22. The van der Waals surface area contributed by atoms with E-state index < -0.39 is 18.1 Å². The number of nitrogens with zero attached hydrogens (tertiary/aromatic N) is 2. The third-order valence-corrected chi connectivity index (χ3v) is 4.39. The number of amides is 2. The molecule has 8 nitrogen and oxygen atoms in total. The summed E-state index contributed by atoms with van der Waals surface area (Å²) in [5.41, 5.74) is 1.75. The molecule has 0 saturated heterocycles. The van der Waals surface area contributed by atoms with E-state index in [0.29, 0.717) is 12.1 Å². The van der Waals surface area contributed by atoms with Gasteiger partial charge in [-0.2, -0.15) is 5.10 Å². The first-order chi connectivity index (χ1) is 14.6. The number of hydrogen-bond donors (Lipinski definition) is 3. The van der Waals surface area contributed by atoms with Crippen molar-refractivity contribution in [3.8, 4) is 0 Å². The van der Waals surface area contributed by atoms with Gasteiger partial charge >= 0.3 is 12.0 Å². The maximum Gasteiger partial charge on any atom is 0.343 e. The Balaban J connectivity index is 1.76. The van der Waals surface area contributed by atoms with E-state index in [1.54, 1.807) is 19.1 Å². The minimum atomic E-state index is -0.867. The van der Waals surface area contributed by atoms with Crippen molar-refractivity contribution in [3.63, 3.8) is 0 Å². The quantitative estimate of drug-likeness (QED) is 0.497. The molecule has 0 aliphatic rings. The zero-order valence-electron chi connectivity index (χ0n) is 16.6. The number of benzene rings is 2. The molecule has 0 bridgehead atoms. The number of ether oxygens (including phenoxy) is 1. The highest BCUT2D eigenvalue weighted by atomic mass is 16.5. The van der Waals surface area contributed by atoms with Crippen LogP contribution in [0.2, 0.25) is 0 Å². The fourth-order valence-electron chi connectivity index (χ4n) is 2.89. The van der Waals surface area contributed by atoms with Gasteiger partial charge in [0.25, 0.3) is 0 Å². The van der Waals surface area contributed by atoms with Gasteiger partial charge < -0.3 is 15.2 Å². The topological polar surface area (TPSA) is 105 Å². The first-order valence-electron chi connectivity index (χ1n) is 9.63. The van der Waals surface area contributed by atoms with Crippen LogP contribution in [0, 0.1) is 0 Å². The molecule has 0 aliphatic heterocycles. The lowest BCUT2D eigenvalue weighted by atomic mass is 10.1. The Kier molecular flexibility index (Phi) is 7.18. The Morgan fingerprint density at radius 3 is 2.43 bits per heavy atom. The molecule has 1 aromatic heterocycles. The first-order valence-corrected chi connectivity index (χ1v) is 9.63. The van der Waals surface area contributed by atoms with Crippen LogP contribution < -0.4 is 10.6 Å². The predicted molar refractivity (Wildman–Crippen MR) is 112 cm³/mol. The van der Waals surface area contributed by atoms with Gasteiger partial charge in [-0.1, -0.05) is 60.7 Å². The lowest BCUT2D eigenvalue weighted by Crippen LogP contribution is -2.30. The van der Waals surface area contributed by atoms with Crippen molar-refractivity contribution in [2.24, 2.45) is 0 Å². The van der Waals surface area contributed by atoms with E-state index in [1.165, 1.54) is 10.9 Å². The van der Waals surface area contributed by atoms with Crippen LogP contribution in [0.15, 0.2) is 66.9 Å². The Morgan fingerprint density at radius 1 is 1.10 bits per heavy atom. The second kappa shape index (κ2) is 10.2. The summed E-state index contributed by atoms with van der Waals surface area (Å²) in [4.78, 5) is 24.7. The van der Waals surface area contributed by atoms with Gasteiger partial charge in [-0.25, -0.2) is 14.3 Å². The van der Waals surface area contributed by atoms with Crippen molar-refractivity contribution in [2.45, 2.75) is 26.1 Å². The number of aliphatic hydroxyl groups excluding tert-OH is 1. The third-order valence-electron chi connectivity index (χ3n) is 4.39. The summed E-state index contributed by atoms with van der Waals surface area (Å²) >= 11 is 0. The van der Waals surface area contributed by atoms with Crippen LogP contribution in [0.1, 0.15) is 34.5 Å². The number of carbonyl (C=O) groups is 2. The molecule has 30 heavy (non-hydrogen) atoms. The monoisotopic (exact) mass is 408 g/mol. The number of anilines is 1. The number of aromatic nitrogens is 2. The van der Waals surface area contributed by atoms with Gasteiger partial charge in [-0.3, -0.25) is 5.32 Å². The number of aliphatic hydroxyl groups is 1. The normalized spacial score (nSPS) is 11.5. The van der Waals surface area contributed by atoms with Crippen LogP contribution in [-0.2, 0) is 17.8 Å². The van der Waals surface area contributed by atoms with Crippen LogP contribution >= 0.6 is 0 Å². The summed E-state index contributed by atoms with van der Waals surface area (Å²) in [6, 6.07) is 18.0. The van der Waals surface area contributed by atoms with Crippen molar-refractivity contribution >= 4 is 17.8 Å². The fourth-order valence-corrected chi connectivity index (χ4v) is 2.89. The molecule has 0 saturated carbocycles. The average Bonchev–Trinajstić information content (AvgIpc) is 3.16. The summed E-state index contributed by atoms with van der Waals surface area (Å²) in [5.74, 6) is -0.440. The zero-order valence-corrected chi connectivity index (χ0v) is 16.6. The molecule has 2 aromatic carbocycles. The second-order valence-corrected chi connectivity index (χ2v) is 6.53. The predicted octanol–water partition coefficient (Wildman–Crippen LogP) is 3.12. The van der Waals surface area contributed by atoms with E-state index in [0.717, 1.165) is 5.56 Å². The molecule has 0 spiro atoms. The van der Waals surface area contributed by atoms with Gasteiger partial charge in [0.15, 0.2) is 0 Å². The number of rotatable bonds is 8. The van der Waals surface area contributed by atoms with Crippen molar-refractivity contribution in [3.05, 3.63) is 83.6 Å². The van der Waals surface area contributed by atoms with E-state index in [4.69, 9.17) is 4.74 Å². The molecule has 3 N–H and O–H groups in total. The molecule has 1 atom stereocenters. The van der Waals surface area contributed by atoms with Crippen molar-refractivity contribution in [1.29, 1.82) is 0 Å². The van der Waals surface area contributed by atoms with Gasteiger partial charge in [0, 0.05) is 6.54 Å². The molecular weight excluding hydrogens is 384 g/mol. The van der Waals surface area contributed by atoms with Crippen LogP contribution in [0.25, 0.3) is 0 Å². The molecule has 0 radical (unpaired) electrons. The van der Waals surface area contributed by atoms with E-state index in [2.05, 4.69) is 15.7 Å². The molecule has 0 aliphatic carbocycles. The van der Waals surface area contributed by atoms with Gasteiger partial charge in [0.2, 0.25) is 0 Å². The molecule has 1 heterocycles. The van der Waals surface area contributed by atoms with Gasteiger partial charge in [-0.15, -0.1) is 0 Å². The lowest BCUT2D eigenvalue weighted by molar-refractivity contribution is 0.0527. The Hall–Kier alpha value is -3.65. The molecule has 1 unspecified atom stereocenters. The molecule has 3 rings (SSSR count). The van der Waals surface area contributed by atoms with Crippen LogP contribution in [0.3, 0.4) is 0 Å². The number of urea groups is 1. The van der Waals surface area contributed by atoms with Gasteiger partial charge in [0.1, 0.15) is 11.4 Å². The summed E-state index contributed by atoms with van der Waals surface area (Å²) in [5, 5.41) is 20.1. The Bertz CT molecular complexity index is 973. The maximum atomic E-state index is 12.4. The summed E-state index contributed by atoms with van der Waals surface area (Å²) in [6.45, 7) is 2.26. The minimum Gasteiger partial charge on any atom is -0.462 e. The highest BCUT2D eigenvalue weighted by molar-refractivity contribution is 5.99. The fraction of sp³-hybridized carbons (Fsp3) is 0.227. The molecule has 0 fully saturated rings. The zero-order chi connectivity index (χ0) is 21.3. The molecule has 156 valence electrons. The lowest BCUT2D eigenvalue weighted by Gasteiger charge is -2.15. The average molecular weight is 408 g/mol. The van der Waals surface area contributed by atoms with E-state index in [-0.39, 0.29) is 24.5 Å². The van der Waals surface area contributed by atoms with E-state index in [1.807, 2.05) is 48.5 Å². The van der Waals surface area contributed by atoms with Gasteiger partial charge in [-0.05, 0) is 18.1 Å². The number of esters is 1. The van der Waals surface area contributed by atoms with Crippen LogP contribution in [-0.4, -0.2) is 33.5 Å². The van der Waals surface area contributed by atoms with Crippen molar-refractivity contribution in [1.82, 2.24) is 15.1 Å². The maximum absolute atomic E-state index is 12.4. The number of carbonyl (C=O) groups excluding carboxylic acids is 2. The van der Waals surface area contributed by atoms with Crippen molar-refractivity contribution in [2.75, 3.05) is 11.9 Å². The van der Waals surface area contributed by atoms with Crippen LogP contribution in [0.4, 0.5) is 10.6 Å². The summed E-state index contributed by atoms with van der Waals surface area (Å²) in [6.07, 6.45) is 0.455. The smallest absolute Gasteiger partial charge is 0.343 e. The third kappa shape index (κ3) is 5.45. The van der Waals surface area contributed by atoms with Gasteiger partial charge in [0.05, 0.1) is 25.5 Å². The SMILES string of the molecule is CCOC(=O)c1cnn(CC(O)c2ccccc2)c1NC(=O)NCc1ccccc1. The summed E-state index contributed by atoms with van der Waals surface area (Å²) < 4.78 is 6.44.